The van der Waals surface area contributed by atoms with Gasteiger partial charge in [0.2, 0.25) is 5.91 Å². The molecule has 1 heterocycles. The molecule has 1 aliphatic rings. The highest BCUT2D eigenvalue weighted by atomic mass is 32.1. The average molecular weight is 266 g/mol. The van der Waals surface area contributed by atoms with E-state index in [4.69, 9.17) is 0 Å². The van der Waals surface area contributed by atoms with Crippen molar-refractivity contribution in [2.45, 2.75) is 46.2 Å². The molecular weight excluding hydrogens is 240 g/mol. The minimum Gasteiger partial charge on any atom is -0.350 e. The maximum Gasteiger partial charge on any atom is 0.237 e. The molecule has 2 atom stereocenters. The van der Waals surface area contributed by atoms with Crippen LogP contribution in [0.2, 0.25) is 0 Å². The Hall–Kier alpha value is 0.130. The third-order valence-corrected chi connectivity index (χ3v) is 2.74. The van der Waals surface area contributed by atoms with Crippen LogP contribution >= 0.6 is 27.0 Å². The fourth-order valence-corrected chi connectivity index (χ4v) is 1.76. The van der Waals surface area contributed by atoms with Gasteiger partial charge in [0.25, 0.3) is 0 Å². The van der Waals surface area contributed by atoms with Crippen molar-refractivity contribution >= 4 is 32.9 Å². The lowest BCUT2D eigenvalue weighted by molar-refractivity contribution is -0.126. The molecule has 1 fully saturated rings. The number of carbonyl (C=O) groups excluding carboxylic acids is 1. The van der Waals surface area contributed by atoms with Crippen molar-refractivity contribution in [2.75, 3.05) is 6.54 Å². The number of hydrogen-bond acceptors (Lipinski definition) is 2. The highest BCUT2D eigenvalue weighted by Crippen LogP contribution is 2.11. The number of hydrogen-bond donors (Lipinski definition) is 2. The fourth-order valence-electron chi connectivity index (χ4n) is 1.76. The number of rotatable bonds is 3. The van der Waals surface area contributed by atoms with Crippen molar-refractivity contribution in [1.29, 1.82) is 0 Å². The molecule has 1 amide bonds. The van der Waals surface area contributed by atoms with Gasteiger partial charge in [0.1, 0.15) is 0 Å². The third kappa shape index (κ3) is 5.46. The Bertz CT molecular complexity index is 210. The van der Waals surface area contributed by atoms with Gasteiger partial charge in [-0.15, -0.1) is 0 Å². The molecule has 5 heteroatoms. The molecule has 16 heavy (non-hydrogen) atoms. The molecule has 1 rings (SSSR count). The summed E-state index contributed by atoms with van der Waals surface area (Å²) in [7, 11) is 0. The van der Waals surface area contributed by atoms with Crippen LogP contribution in [0, 0.1) is 11.8 Å². The maximum atomic E-state index is 11.7. The first-order valence-corrected chi connectivity index (χ1v) is 5.54. The number of carbonyl (C=O) groups is 1. The fraction of sp³-hybridized carbons (Fsp3) is 0.909. The summed E-state index contributed by atoms with van der Waals surface area (Å²) in [5, 5.41) is 6.39. The first-order chi connectivity index (χ1) is 6.50. The molecule has 0 spiro atoms. The van der Waals surface area contributed by atoms with Crippen LogP contribution in [-0.4, -0.2) is 24.5 Å². The second-order valence-electron chi connectivity index (χ2n) is 4.95. The van der Waals surface area contributed by atoms with Crippen LogP contribution in [0.25, 0.3) is 0 Å². The molecule has 2 N–H and O–H groups in total. The Morgan fingerprint density at radius 1 is 1.25 bits per heavy atom. The molecule has 0 unspecified atom stereocenters. The molecule has 0 aliphatic carbocycles. The van der Waals surface area contributed by atoms with E-state index in [2.05, 4.69) is 38.3 Å². The van der Waals surface area contributed by atoms with E-state index >= 15 is 0 Å². The van der Waals surface area contributed by atoms with Gasteiger partial charge in [-0.25, -0.2) is 0 Å². The van der Waals surface area contributed by atoms with Crippen LogP contribution in [0.4, 0.5) is 0 Å². The first kappa shape index (κ1) is 18.5. The molecule has 0 saturated carbocycles. The Morgan fingerprint density at radius 2 is 1.81 bits per heavy atom. The second-order valence-corrected chi connectivity index (χ2v) is 4.95. The van der Waals surface area contributed by atoms with Crippen LogP contribution in [-0.2, 0) is 4.79 Å². The summed E-state index contributed by atoms with van der Waals surface area (Å²) >= 11 is 0. The molecule has 98 valence electrons. The third-order valence-electron chi connectivity index (χ3n) is 2.74. The standard InChI is InChI=1S/C11H22N2O.2H2S/c1-7(2)5-9-11(14)13-10(6-12-9)8(3)4;;/h7-10,12H,5-6H2,1-4H3,(H,13,14);2*1H2/t9-,10+;;/m0../s1. The number of amides is 1. The molecule has 0 aromatic carbocycles. The molecule has 3 nitrogen and oxygen atoms in total. The number of nitrogens with one attached hydrogen (secondary N) is 2. The molecule has 1 saturated heterocycles. The predicted molar refractivity (Wildman–Crippen MR) is 78.8 cm³/mol. The van der Waals surface area contributed by atoms with Crippen molar-refractivity contribution < 1.29 is 4.79 Å². The lowest BCUT2D eigenvalue weighted by Crippen LogP contribution is -2.60. The van der Waals surface area contributed by atoms with E-state index in [0.29, 0.717) is 17.9 Å². The Labute approximate surface area is 113 Å². The van der Waals surface area contributed by atoms with E-state index in [1.807, 2.05) is 0 Å². The molecule has 0 radical (unpaired) electrons. The zero-order valence-corrected chi connectivity index (χ0v) is 12.6. The molecule has 0 bridgehead atoms. The summed E-state index contributed by atoms with van der Waals surface area (Å²) in [6.07, 6.45) is 0.927. The second kappa shape index (κ2) is 8.25. The van der Waals surface area contributed by atoms with Crippen molar-refractivity contribution in [3.05, 3.63) is 0 Å². The monoisotopic (exact) mass is 266 g/mol. The molecule has 0 aromatic heterocycles. The van der Waals surface area contributed by atoms with Crippen LogP contribution in [0.5, 0.6) is 0 Å². The molecule has 0 aromatic rings. The summed E-state index contributed by atoms with van der Waals surface area (Å²) < 4.78 is 0. The Morgan fingerprint density at radius 3 is 2.19 bits per heavy atom. The van der Waals surface area contributed by atoms with Gasteiger partial charge in [0.15, 0.2) is 0 Å². The Kier molecular flexibility index (Phi) is 9.54. The zero-order valence-electron chi connectivity index (χ0n) is 10.6. The van der Waals surface area contributed by atoms with Crippen LogP contribution < -0.4 is 10.6 Å². The van der Waals surface area contributed by atoms with Gasteiger partial charge in [0, 0.05) is 12.6 Å². The van der Waals surface area contributed by atoms with Gasteiger partial charge < -0.3 is 10.6 Å². The van der Waals surface area contributed by atoms with E-state index in [1.54, 1.807) is 0 Å². The highest BCUT2D eigenvalue weighted by Gasteiger charge is 2.28. The first-order valence-electron chi connectivity index (χ1n) is 5.54. The van der Waals surface area contributed by atoms with Gasteiger partial charge in [-0.2, -0.15) is 27.0 Å². The molecular formula is C11H26N2OS2. The van der Waals surface area contributed by atoms with E-state index in [1.165, 1.54) is 0 Å². The van der Waals surface area contributed by atoms with Crippen LogP contribution in [0.3, 0.4) is 0 Å². The molecule has 1 aliphatic heterocycles. The van der Waals surface area contributed by atoms with Crippen molar-refractivity contribution in [3.63, 3.8) is 0 Å². The van der Waals surface area contributed by atoms with E-state index in [-0.39, 0.29) is 38.9 Å². The van der Waals surface area contributed by atoms with Crippen LogP contribution in [0.1, 0.15) is 34.1 Å². The lowest BCUT2D eigenvalue weighted by atomic mass is 9.96. The minimum absolute atomic E-state index is 0. The maximum absolute atomic E-state index is 11.7. The predicted octanol–water partition coefficient (Wildman–Crippen LogP) is 1.37. The van der Waals surface area contributed by atoms with E-state index in [0.717, 1.165) is 13.0 Å². The SMILES string of the molecule is CC(C)C[C@@H]1NC[C@H](C(C)C)NC1=O.S.S. The minimum atomic E-state index is 0. The quantitative estimate of drug-likeness (QED) is 0.810. The topological polar surface area (TPSA) is 41.1 Å². The van der Waals surface area contributed by atoms with Gasteiger partial charge in [-0.3, -0.25) is 4.79 Å². The summed E-state index contributed by atoms with van der Waals surface area (Å²) in [4.78, 5) is 11.7. The van der Waals surface area contributed by atoms with Gasteiger partial charge in [-0.05, 0) is 18.3 Å². The smallest absolute Gasteiger partial charge is 0.237 e. The number of piperazine rings is 1. The average Bonchev–Trinajstić information content (AvgIpc) is 2.07. The lowest BCUT2D eigenvalue weighted by Gasteiger charge is -2.33. The summed E-state index contributed by atoms with van der Waals surface area (Å²) in [6.45, 7) is 9.46. The van der Waals surface area contributed by atoms with Crippen molar-refractivity contribution in [2.24, 2.45) is 11.8 Å². The van der Waals surface area contributed by atoms with E-state index in [9.17, 15) is 4.79 Å². The normalized spacial score (nSPS) is 24.8. The summed E-state index contributed by atoms with van der Waals surface area (Å²) in [5.74, 6) is 1.24. The van der Waals surface area contributed by atoms with Crippen LogP contribution in [0.15, 0.2) is 0 Å². The largest absolute Gasteiger partial charge is 0.350 e. The van der Waals surface area contributed by atoms with Gasteiger partial charge >= 0.3 is 0 Å². The van der Waals surface area contributed by atoms with Gasteiger partial charge in [0.05, 0.1) is 6.04 Å². The highest BCUT2D eigenvalue weighted by molar-refractivity contribution is 7.59. The summed E-state index contributed by atoms with van der Waals surface area (Å²) in [5.41, 5.74) is 0. The van der Waals surface area contributed by atoms with E-state index < -0.39 is 0 Å². The Balaban J connectivity index is 0. The van der Waals surface area contributed by atoms with Crippen molar-refractivity contribution in [1.82, 2.24) is 10.6 Å². The van der Waals surface area contributed by atoms with Gasteiger partial charge in [-0.1, -0.05) is 27.7 Å². The zero-order chi connectivity index (χ0) is 10.7. The summed E-state index contributed by atoms with van der Waals surface area (Å²) in [6, 6.07) is 0.316. The van der Waals surface area contributed by atoms with Crippen molar-refractivity contribution in [3.8, 4) is 0 Å².